The molecule has 6 aromatic rings. The number of nitrogens with zero attached hydrogens (tertiary/aromatic N) is 3. The van der Waals surface area contributed by atoms with Gasteiger partial charge in [-0.1, -0.05) is 53.5 Å². The van der Waals surface area contributed by atoms with Crippen molar-refractivity contribution in [2.45, 2.75) is 6.61 Å². The van der Waals surface area contributed by atoms with Crippen LogP contribution in [0.1, 0.15) is 11.1 Å². The molecule has 2 aromatic heterocycles. The van der Waals surface area contributed by atoms with Crippen LogP contribution in [-0.4, -0.2) is 15.9 Å². The Kier molecular flexibility index (Phi) is 7.14. The van der Waals surface area contributed by atoms with Crippen LogP contribution in [0.5, 0.6) is 5.75 Å². The first-order valence-electron chi connectivity index (χ1n) is 12.0. The quantitative estimate of drug-likeness (QED) is 0.172. The van der Waals surface area contributed by atoms with Crippen molar-refractivity contribution < 1.29 is 13.5 Å². The minimum absolute atomic E-state index is 0.0297. The molecular formula is C30H17BrCl2FN3O3. The predicted molar refractivity (Wildman–Crippen MR) is 159 cm³/mol. The highest BCUT2D eigenvalue weighted by atomic mass is 79.9. The fourth-order valence-electron chi connectivity index (χ4n) is 4.23. The van der Waals surface area contributed by atoms with Gasteiger partial charge in [-0.05, 0) is 70.5 Å². The first-order valence-corrected chi connectivity index (χ1v) is 13.5. The number of halogens is 4. The molecule has 0 atom stereocenters. The Bertz CT molecular complexity index is 2010. The maximum atomic E-state index is 14.2. The molecule has 0 unspecified atom stereocenters. The van der Waals surface area contributed by atoms with Crippen LogP contribution in [-0.2, 0) is 6.61 Å². The number of hydrogen-bond acceptors (Lipinski definition) is 5. The molecule has 6 rings (SSSR count). The first kappa shape index (κ1) is 26.3. The summed E-state index contributed by atoms with van der Waals surface area (Å²) in [6.45, 7) is -0.0297. The second kappa shape index (κ2) is 10.9. The van der Waals surface area contributed by atoms with E-state index in [1.807, 2.05) is 0 Å². The van der Waals surface area contributed by atoms with E-state index < -0.39 is 5.56 Å². The maximum Gasteiger partial charge on any atom is 0.282 e. The van der Waals surface area contributed by atoms with E-state index in [1.54, 1.807) is 78.9 Å². The maximum absolute atomic E-state index is 14.2. The van der Waals surface area contributed by atoms with Gasteiger partial charge in [0.1, 0.15) is 23.8 Å². The number of rotatable bonds is 6. The summed E-state index contributed by atoms with van der Waals surface area (Å²) >= 11 is 16.0. The second-order valence-corrected chi connectivity index (χ2v) is 10.5. The van der Waals surface area contributed by atoms with E-state index in [1.165, 1.54) is 12.3 Å². The third-order valence-electron chi connectivity index (χ3n) is 6.13. The van der Waals surface area contributed by atoms with Crippen LogP contribution < -0.4 is 10.3 Å². The molecule has 2 heterocycles. The molecule has 0 saturated carbocycles. The van der Waals surface area contributed by atoms with Gasteiger partial charge in [0.25, 0.3) is 5.56 Å². The van der Waals surface area contributed by atoms with E-state index in [2.05, 4.69) is 21.0 Å². The zero-order valence-electron chi connectivity index (χ0n) is 20.4. The van der Waals surface area contributed by atoms with Gasteiger partial charge >= 0.3 is 0 Å². The average molecular weight is 637 g/mol. The number of furan rings is 1. The summed E-state index contributed by atoms with van der Waals surface area (Å²) in [6.07, 6.45) is 1.44. The Morgan fingerprint density at radius 2 is 1.80 bits per heavy atom. The lowest BCUT2D eigenvalue weighted by Crippen LogP contribution is -2.20. The van der Waals surface area contributed by atoms with Gasteiger partial charge in [0, 0.05) is 26.6 Å². The van der Waals surface area contributed by atoms with Crippen LogP contribution >= 0.6 is 39.1 Å². The zero-order chi connectivity index (χ0) is 27.8. The molecule has 0 aliphatic rings. The van der Waals surface area contributed by atoms with E-state index in [-0.39, 0.29) is 18.2 Å². The third kappa shape index (κ3) is 5.13. The fraction of sp³-hybridized carbons (Fsp3) is 0.0333. The van der Waals surface area contributed by atoms with Gasteiger partial charge in [0.2, 0.25) is 5.82 Å². The van der Waals surface area contributed by atoms with Gasteiger partial charge < -0.3 is 9.15 Å². The minimum Gasteiger partial charge on any atom is -0.487 e. The van der Waals surface area contributed by atoms with Crippen molar-refractivity contribution in [3.05, 3.63) is 127 Å². The van der Waals surface area contributed by atoms with E-state index in [4.69, 9.17) is 37.3 Å². The van der Waals surface area contributed by atoms with Gasteiger partial charge in [-0.25, -0.2) is 9.37 Å². The monoisotopic (exact) mass is 635 g/mol. The smallest absolute Gasteiger partial charge is 0.282 e. The molecule has 0 fully saturated rings. The lowest BCUT2D eigenvalue weighted by Gasteiger charge is -2.13. The molecule has 0 N–H and O–H groups in total. The number of hydrogen-bond donors (Lipinski definition) is 0. The van der Waals surface area contributed by atoms with Crippen LogP contribution in [0.3, 0.4) is 0 Å². The van der Waals surface area contributed by atoms with E-state index >= 15 is 0 Å². The molecule has 40 heavy (non-hydrogen) atoms. The van der Waals surface area contributed by atoms with E-state index in [9.17, 15) is 9.18 Å². The molecule has 0 amide bonds. The first-order chi connectivity index (χ1) is 19.4. The average Bonchev–Trinajstić information content (AvgIpc) is 3.36. The Morgan fingerprint density at radius 1 is 1.00 bits per heavy atom. The SMILES string of the molecule is O=c1c2ccccc2nc(-c2cc3cc(Cl)ccc3o2)n1N=Cc1cc(Cl)cc(Br)c1OCc1ccccc1F. The Balaban J connectivity index is 1.47. The number of ether oxygens (including phenoxy) is 1. The summed E-state index contributed by atoms with van der Waals surface area (Å²) in [6, 6.07) is 23.6. The summed E-state index contributed by atoms with van der Waals surface area (Å²) in [5.41, 5.74) is 1.52. The third-order valence-corrected chi connectivity index (χ3v) is 7.17. The molecule has 0 saturated heterocycles. The number of fused-ring (bicyclic) bond motifs is 2. The summed E-state index contributed by atoms with van der Waals surface area (Å²) in [4.78, 5) is 18.3. The van der Waals surface area contributed by atoms with Crippen molar-refractivity contribution in [1.82, 2.24) is 9.66 Å². The Labute approximate surface area is 245 Å². The molecule has 0 aliphatic heterocycles. The second-order valence-electron chi connectivity index (χ2n) is 8.79. The molecule has 0 radical (unpaired) electrons. The van der Waals surface area contributed by atoms with Crippen molar-refractivity contribution >= 4 is 67.2 Å². The predicted octanol–water partition coefficient (Wildman–Crippen LogP) is 8.48. The number of aromatic nitrogens is 2. The van der Waals surface area contributed by atoms with Crippen molar-refractivity contribution in [2.75, 3.05) is 0 Å². The Morgan fingerprint density at radius 3 is 2.65 bits per heavy atom. The molecule has 6 nitrogen and oxygen atoms in total. The molecular weight excluding hydrogens is 620 g/mol. The van der Waals surface area contributed by atoms with Gasteiger partial charge in [-0.15, -0.1) is 0 Å². The molecule has 198 valence electrons. The van der Waals surface area contributed by atoms with Gasteiger partial charge in [0.05, 0.1) is 21.6 Å². The number of para-hydroxylation sites is 1. The van der Waals surface area contributed by atoms with E-state index in [0.717, 1.165) is 10.1 Å². The van der Waals surface area contributed by atoms with Crippen molar-refractivity contribution in [3.8, 4) is 17.3 Å². The highest BCUT2D eigenvalue weighted by Gasteiger charge is 2.17. The lowest BCUT2D eigenvalue weighted by molar-refractivity contribution is 0.297. The van der Waals surface area contributed by atoms with Gasteiger partial charge in [-0.2, -0.15) is 9.78 Å². The van der Waals surface area contributed by atoms with Crippen LogP contribution in [0.2, 0.25) is 10.0 Å². The summed E-state index contributed by atoms with van der Waals surface area (Å²) in [5.74, 6) is 0.522. The Hall–Kier alpha value is -3.98. The fourth-order valence-corrected chi connectivity index (χ4v) is 5.36. The molecule has 0 aliphatic carbocycles. The molecule has 4 aromatic carbocycles. The standard InChI is InChI=1S/C30H17BrCl2FN3O3/c31-23-14-21(33)12-19(28(23)39-16-17-5-1-3-7-24(17)34)15-35-37-29(36-25-8-4-2-6-22(25)30(37)38)27-13-18-11-20(32)9-10-26(18)40-27/h1-15H,16H2. The zero-order valence-corrected chi connectivity index (χ0v) is 23.5. The summed E-state index contributed by atoms with van der Waals surface area (Å²) in [7, 11) is 0. The van der Waals surface area contributed by atoms with Crippen LogP contribution in [0.15, 0.2) is 104 Å². The minimum atomic E-state index is -0.398. The van der Waals surface area contributed by atoms with Crippen LogP contribution in [0.4, 0.5) is 4.39 Å². The summed E-state index contributed by atoms with van der Waals surface area (Å²) < 4.78 is 27.9. The van der Waals surface area contributed by atoms with Crippen LogP contribution in [0.25, 0.3) is 33.5 Å². The normalized spacial score (nSPS) is 11.6. The molecule has 0 spiro atoms. The van der Waals surface area contributed by atoms with Crippen molar-refractivity contribution in [2.24, 2.45) is 5.10 Å². The van der Waals surface area contributed by atoms with Crippen molar-refractivity contribution in [3.63, 3.8) is 0 Å². The molecule has 10 heteroatoms. The topological polar surface area (TPSA) is 69.6 Å². The van der Waals surface area contributed by atoms with Crippen LogP contribution in [0, 0.1) is 5.82 Å². The lowest BCUT2D eigenvalue weighted by atomic mass is 10.2. The highest BCUT2D eigenvalue weighted by molar-refractivity contribution is 9.10. The largest absolute Gasteiger partial charge is 0.487 e. The highest BCUT2D eigenvalue weighted by Crippen LogP contribution is 2.33. The molecule has 0 bridgehead atoms. The van der Waals surface area contributed by atoms with Gasteiger partial charge in [0.15, 0.2) is 5.76 Å². The summed E-state index contributed by atoms with van der Waals surface area (Å²) in [5, 5.41) is 6.60. The number of benzene rings is 4. The van der Waals surface area contributed by atoms with E-state index in [0.29, 0.717) is 53.6 Å². The van der Waals surface area contributed by atoms with Crippen molar-refractivity contribution in [1.29, 1.82) is 0 Å². The van der Waals surface area contributed by atoms with Gasteiger partial charge in [-0.3, -0.25) is 4.79 Å².